The van der Waals surface area contributed by atoms with E-state index < -0.39 is 11.5 Å². The summed E-state index contributed by atoms with van der Waals surface area (Å²) in [7, 11) is 1.32. The van der Waals surface area contributed by atoms with E-state index in [0.29, 0.717) is 13.1 Å². The Bertz CT molecular complexity index is 434. The van der Waals surface area contributed by atoms with Crippen molar-refractivity contribution in [2.75, 3.05) is 26.7 Å². The summed E-state index contributed by atoms with van der Waals surface area (Å²) in [6.45, 7) is 1.27. The van der Waals surface area contributed by atoms with Gasteiger partial charge >= 0.3 is 5.97 Å². The summed E-state index contributed by atoms with van der Waals surface area (Å²) < 4.78 is 4.87. The molecule has 1 amide bonds. The molecule has 8 heteroatoms. The van der Waals surface area contributed by atoms with Crippen LogP contribution in [0.3, 0.4) is 0 Å². The number of ether oxygens (including phenoxy) is 1. The van der Waals surface area contributed by atoms with Crippen LogP contribution in [0, 0.1) is 0 Å². The number of nitrogens with zero attached hydrogens (tertiary/aromatic N) is 4. The van der Waals surface area contributed by atoms with Crippen molar-refractivity contribution in [3.8, 4) is 0 Å². The SMILES string of the molecule is COC(=O)C1(NCCN=[N+]=[N-])CC(=O)N2CCCC21. The maximum atomic E-state index is 12.1. The first-order chi connectivity index (χ1) is 9.15. The molecule has 0 aromatic rings. The van der Waals surface area contributed by atoms with Crippen LogP contribution in [0.4, 0.5) is 0 Å². The minimum absolute atomic E-state index is 0.0239. The molecule has 2 aliphatic rings. The number of methoxy groups -OCH3 is 1. The molecule has 0 aromatic heterocycles. The molecule has 2 aliphatic heterocycles. The minimum atomic E-state index is -0.993. The third kappa shape index (κ3) is 2.24. The predicted octanol–water partition coefficient (Wildman–Crippen LogP) is 0.193. The highest BCUT2D eigenvalue weighted by Gasteiger charge is 2.58. The van der Waals surface area contributed by atoms with Crippen LogP contribution in [0.15, 0.2) is 5.11 Å². The molecule has 2 atom stereocenters. The van der Waals surface area contributed by atoms with E-state index in [-0.39, 0.29) is 24.9 Å². The van der Waals surface area contributed by atoms with Gasteiger partial charge in [0.1, 0.15) is 5.54 Å². The van der Waals surface area contributed by atoms with Crippen LogP contribution < -0.4 is 5.32 Å². The van der Waals surface area contributed by atoms with E-state index in [4.69, 9.17) is 10.3 Å². The normalized spacial score (nSPS) is 29.0. The fraction of sp³-hybridized carbons (Fsp3) is 0.818. The Labute approximate surface area is 110 Å². The van der Waals surface area contributed by atoms with Crippen molar-refractivity contribution in [2.24, 2.45) is 5.11 Å². The van der Waals surface area contributed by atoms with Gasteiger partial charge in [-0.3, -0.25) is 10.1 Å². The second-order valence-corrected chi connectivity index (χ2v) is 4.77. The average Bonchev–Trinajstić information content (AvgIpc) is 2.99. The van der Waals surface area contributed by atoms with Gasteiger partial charge in [-0.05, 0) is 18.4 Å². The number of nitrogens with one attached hydrogen (secondary N) is 1. The summed E-state index contributed by atoms with van der Waals surface area (Å²) in [5.41, 5.74) is 7.25. The van der Waals surface area contributed by atoms with Gasteiger partial charge in [-0.25, -0.2) is 4.79 Å². The monoisotopic (exact) mass is 267 g/mol. The maximum absolute atomic E-state index is 12.1. The molecule has 0 aliphatic carbocycles. The Hall–Kier alpha value is -1.79. The smallest absolute Gasteiger partial charge is 0.328 e. The van der Waals surface area contributed by atoms with Gasteiger partial charge in [0.25, 0.3) is 0 Å². The van der Waals surface area contributed by atoms with Crippen molar-refractivity contribution in [3.63, 3.8) is 0 Å². The molecule has 8 nitrogen and oxygen atoms in total. The Kier molecular flexibility index (Phi) is 3.92. The molecular weight excluding hydrogens is 250 g/mol. The first kappa shape index (κ1) is 13.6. The van der Waals surface area contributed by atoms with Crippen LogP contribution in [0.1, 0.15) is 19.3 Å². The van der Waals surface area contributed by atoms with Gasteiger partial charge in [0.05, 0.1) is 19.6 Å². The molecule has 104 valence electrons. The molecule has 2 saturated heterocycles. The number of esters is 1. The van der Waals surface area contributed by atoms with E-state index in [1.165, 1.54) is 7.11 Å². The summed E-state index contributed by atoms with van der Waals surface area (Å²) in [6.07, 6.45) is 1.79. The van der Waals surface area contributed by atoms with Gasteiger partial charge in [-0.2, -0.15) is 0 Å². The first-order valence-corrected chi connectivity index (χ1v) is 6.29. The lowest BCUT2D eigenvalue weighted by Gasteiger charge is -2.32. The lowest BCUT2D eigenvalue weighted by molar-refractivity contribution is -0.149. The van der Waals surface area contributed by atoms with Gasteiger partial charge in [-0.15, -0.1) is 0 Å². The van der Waals surface area contributed by atoms with E-state index in [1.54, 1.807) is 4.90 Å². The molecule has 2 unspecified atom stereocenters. The third-order valence-electron chi connectivity index (χ3n) is 3.84. The van der Waals surface area contributed by atoms with E-state index in [2.05, 4.69) is 15.3 Å². The highest BCUT2D eigenvalue weighted by molar-refractivity contribution is 5.94. The van der Waals surface area contributed by atoms with Crippen molar-refractivity contribution < 1.29 is 14.3 Å². The molecule has 2 fully saturated rings. The second kappa shape index (κ2) is 5.46. The highest BCUT2D eigenvalue weighted by Crippen LogP contribution is 2.37. The largest absolute Gasteiger partial charge is 0.468 e. The lowest BCUT2D eigenvalue weighted by atomic mass is 9.88. The van der Waals surface area contributed by atoms with Gasteiger partial charge in [-0.1, -0.05) is 5.11 Å². The number of fused-ring (bicyclic) bond motifs is 1. The second-order valence-electron chi connectivity index (χ2n) is 4.77. The fourth-order valence-corrected chi connectivity index (χ4v) is 3.05. The van der Waals surface area contributed by atoms with E-state index in [9.17, 15) is 9.59 Å². The molecule has 1 N–H and O–H groups in total. The van der Waals surface area contributed by atoms with Crippen LogP contribution in [-0.4, -0.2) is 55.1 Å². The number of amides is 1. The zero-order valence-corrected chi connectivity index (χ0v) is 10.8. The van der Waals surface area contributed by atoms with Gasteiger partial charge in [0.2, 0.25) is 5.91 Å². The molecular formula is C11H17N5O3. The molecule has 0 radical (unpaired) electrons. The van der Waals surface area contributed by atoms with Crippen molar-refractivity contribution in [1.82, 2.24) is 10.2 Å². The number of carbonyl (C=O) groups excluding carboxylic acids is 2. The molecule has 19 heavy (non-hydrogen) atoms. The van der Waals surface area contributed by atoms with E-state index in [0.717, 1.165) is 12.8 Å². The Balaban J connectivity index is 2.17. The average molecular weight is 267 g/mol. The topological polar surface area (TPSA) is 107 Å². The molecule has 0 aromatic carbocycles. The summed E-state index contributed by atoms with van der Waals surface area (Å²) in [5.74, 6) is -0.444. The highest BCUT2D eigenvalue weighted by atomic mass is 16.5. The number of hydrogen-bond donors (Lipinski definition) is 1. The predicted molar refractivity (Wildman–Crippen MR) is 66.1 cm³/mol. The maximum Gasteiger partial charge on any atom is 0.328 e. The Morgan fingerprint density at radius 1 is 1.74 bits per heavy atom. The minimum Gasteiger partial charge on any atom is -0.468 e. The summed E-state index contributed by atoms with van der Waals surface area (Å²) in [4.78, 5) is 28.5. The van der Waals surface area contributed by atoms with Gasteiger partial charge in [0, 0.05) is 24.5 Å². The van der Waals surface area contributed by atoms with Crippen LogP contribution in [-0.2, 0) is 14.3 Å². The molecule has 2 heterocycles. The zero-order valence-electron chi connectivity index (χ0n) is 10.8. The molecule has 0 bridgehead atoms. The fourth-order valence-electron chi connectivity index (χ4n) is 3.05. The van der Waals surface area contributed by atoms with Crippen molar-refractivity contribution in [3.05, 3.63) is 10.4 Å². The standard InChI is InChI=1S/C11H17N5O3/c1-19-10(18)11(13-4-5-14-15-12)7-9(17)16-6-2-3-8(11)16/h8,13H,2-7H2,1H3. The van der Waals surface area contributed by atoms with Crippen molar-refractivity contribution >= 4 is 11.9 Å². The summed E-state index contributed by atoms with van der Waals surface area (Å²) >= 11 is 0. The van der Waals surface area contributed by atoms with E-state index >= 15 is 0 Å². The van der Waals surface area contributed by atoms with Gasteiger partial charge < -0.3 is 9.64 Å². The Morgan fingerprint density at radius 3 is 3.21 bits per heavy atom. The lowest BCUT2D eigenvalue weighted by Crippen LogP contribution is -2.59. The zero-order chi connectivity index (χ0) is 13.9. The third-order valence-corrected chi connectivity index (χ3v) is 3.84. The van der Waals surface area contributed by atoms with Gasteiger partial charge in [0.15, 0.2) is 0 Å². The summed E-state index contributed by atoms with van der Waals surface area (Å²) in [6, 6.07) is -0.154. The van der Waals surface area contributed by atoms with Crippen molar-refractivity contribution in [2.45, 2.75) is 30.8 Å². The summed E-state index contributed by atoms with van der Waals surface area (Å²) in [5, 5.41) is 6.50. The number of rotatable bonds is 5. The number of azide groups is 1. The van der Waals surface area contributed by atoms with Crippen molar-refractivity contribution in [1.29, 1.82) is 0 Å². The molecule has 0 spiro atoms. The van der Waals surface area contributed by atoms with Crippen LogP contribution >= 0.6 is 0 Å². The molecule has 2 rings (SSSR count). The van der Waals surface area contributed by atoms with Crippen LogP contribution in [0.25, 0.3) is 10.4 Å². The molecule has 0 saturated carbocycles. The van der Waals surface area contributed by atoms with Crippen LogP contribution in [0.5, 0.6) is 0 Å². The quantitative estimate of drug-likeness (QED) is 0.252. The Morgan fingerprint density at radius 2 is 2.53 bits per heavy atom. The van der Waals surface area contributed by atoms with E-state index in [1.807, 2.05) is 0 Å². The first-order valence-electron chi connectivity index (χ1n) is 6.29. The van der Waals surface area contributed by atoms with Crippen LogP contribution in [0.2, 0.25) is 0 Å². The number of carbonyl (C=O) groups is 2. The number of hydrogen-bond acceptors (Lipinski definition) is 5.